The second kappa shape index (κ2) is 5.03. The molecule has 0 radical (unpaired) electrons. The van der Waals surface area contributed by atoms with E-state index in [1.54, 1.807) is 12.3 Å². The van der Waals surface area contributed by atoms with Gasteiger partial charge in [-0.1, -0.05) is 42.5 Å². The molecule has 0 spiro atoms. The third-order valence-electron chi connectivity index (χ3n) is 2.23. The number of aldehydes is 1. The quantitative estimate of drug-likeness (QED) is 0.563. The summed E-state index contributed by atoms with van der Waals surface area (Å²) in [5, 5.41) is 0. The highest BCUT2D eigenvalue weighted by molar-refractivity contribution is 5.93. The summed E-state index contributed by atoms with van der Waals surface area (Å²) in [5.41, 5.74) is 2.37. The highest BCUT2D eigenvalue weighted by atomic mass is 16.1. The maximum absolute atomic E-state index is 10.8. The van der Waals surface area contributed by atoms with Gasteiger partial charge in [0.2, 0.25) is 0 Å². The number of nitrogens with zero attached hydrogens (tertiary/aromatic N) is 1. The molecule has 0 fully saturated rings. The first-order valence-corrected chi connectivity index (χ1v) is 5.03. The first-order chi connectivity index (χ1) is 7.90. The van der Waals surface area contributed by atoms with E-state index in [9.17, 15) is 4.79 Å². The fourth-order valence-electron chi connectivity index (χ4n) is 1.39. The molecule has 2 aromatic rings. The van der Waals surface area contributed by atoms with Gasteiger partial charge in [0.05, 0.1) is 5.69 Å². The van der Waals surface area contributed by atoms with Crippen molar-refractivity contribution in [3.8, 4) is 0 Å². The van der Waals surface area contributed by atoms with E-state index < -0.39 is 0 Å². The number of carbonyl (C=O) groups is 1. The summed E-state index contributed by atoms with van der Waals surface area (Å²) >= 11 is 0. The third kappa shape index (κ3) is 2.42. The molecular weight excluding hydrogens is 198 g/mol. The monoisotopic (exact) mass is 209 g/mol. The normalized spacial score (nSPS) is 10.5. The van der Waals surface area contributed by atoms with Crippen LogP contribution in [0.15, 0.2) is 59.6 Å². The van der Waals surface area contributed by atoms with Gasteiger partial charge in [-0.25, -0.2) is 0 Å². The van der Waals surface area contributed by atoms with Crippen LogP contribution in [0.1, 0.15) is 15.9 Å². The summed E-state index contributed by atoms with van der Waals surface area (Å²) in [4.78, 5) is 15.1. The van der Waals surface area contributed by atoms with Crippen LogP contribution in [0, 0.1) is 0 Å². The van der Waals surface area contributed by atoms with E-state index in [1.165, 1.54) is 0 Å². The molecule has 0 saturated carbocycles. The average molecular weight is 209 g/mol. The fourth-order valence-corrected chi connectivity index (χ4v) is 1.39. The molecule has 78 valence electrons. The number of aliphatic imine (C=N–C) groups is 1. The Labute approximate surface area is 94.3 Å². The van der Waals surface area contributed by atoms with E-state index in [1.807, 2.05) is 48.5 Å². The van der Waals surface area contributed by atoms with Crippen LogP contribution in [-0.2, 0) is 0 Å². The number of hydrogen-bond acceptors (Lipinski definition) is 2. The summed E-state index contributed by atoms with van der Waals surface area (Å²) in [5.74, 6) is 0. The molecule has 0 N–H and O–H groups in total. The van der Waals surface area contributed by atoms with Gasteiger partial charge in [0.15, 0.2) is 6.29 Å². The zero-order valence-electron chi connectivity index (χ0n) is 8.71. The first kappa shape index (κ1) is 10.3. The highest BCUT2D eigenvalue weighted by Gasteiger charge is 1.95. The van der Waals surface area contributed by atoms with Crippen LogP contribution in [0.3, 0.4) is 0 Å². The molecule has 0 unspecified atom stereocenters. The minimum Gasteiger partial charge on any atom is -0.298 e. The predicted molar refractivity (Wildman–Crippen MR) is 65.5 cm³/mol. The molecule has 2 nitrogen and oxygen atoms in total. The minimum atomic E-state index is 0.655. The predicted octanol–water partition coefficient (Wildman–Crippen LogP) is 3.25. The van der Waals surface area contributed by atoms with Gasteiger partial charge in [0.25, 0.3) is 0 Å². The molecule has 2 aromatic carbocycles. The number of rotatable bonds is 3. The summed E-state index contributed by atoms with van der Waals surface area (Å²) in [6, 6.07) is 17.0. The molecule has 0 amide bonds. The average Bonchev–Trinajstić information content (AvgIpc) is 2.38. The van der Waals surface area contributed by atoms with Crippen LogP contribution in [-0.4, -0.2) is 12.5 Å². The van der Waals surface area contributed by atoms with Crippen molar-refractivity contribution in [2.75, 3.05) is 0 Å². The SMILES string of the molecule is O=Cc1ccccc1C=Nc1ccccc1. The van der Waals surface area contributed by atoms with E-state index in [4.69, 9.17) is 0 Å². The van der Waals surface area contributed by atoms with Crippen molar-refractivity contribution in [2.45, 2.75) is 0 Å². The summed E-state index contributed by atoms with van der Waals surface area (Å²) < 4.78 is 0. The molecule has 0 aliphatic rings. The molecule has 0 bridgehead atoms. The van der Waals surface area contributed by atoms with E-state index in [2.05, 4.69) is 4.99 Å². The van der Waals surface area contributed by atoms with Crippen LogP contribution in [0.5, 0.6) is 0 Å². The van der Waals surface area contributed by atoms with Crippen molar-refractivity contribution in [3.05, 3.63) is 65.7 Å². The second-order valence-electron chi connectivity index (χ2n) is 3.34. The number of carbonyl (C=O) groups excluding carboxylic acids is 1. The maximum Gasteiger partial charge on any atom is 0.150 e. The molecule has 0 atom stereocenters. The summed E-state index contributed by atoms with van der Waals surface area (Å²) in [6.45, 7) is 0. The standard InChI is InChI=1S/C14H11NO/c16-11-13-7-5-4-6-12(13)10-15-14-8-2-1-3-9-14/h1-11H. The van der Waals surface area contributed by atoms with Crippen molar-refractivity contribution >= 4 is 18.2 Å². The summed E-state index contributed by atoms with van der Waals surface area (Å²) in [6.07, 6.45) is 2.55. The molecule has 2 heteroatoms. The van der Waals surface area contributed by atoms with Crippen molar-refractivity contribution in [1.82, 2.24) is 0 Å². The second-order valence-corrected chi connectivity index (χ2v) is 3.34. The largest absolute Gasteiger partial charge is 0.298 e. The van der Waals surface area contributed by atoms with Crippen LogP contribution in [0.2, 0.25) is 0 Å². The van der Waals surface area contributed by atoms with Crippen molar-refractivity contribution < 1.29 is 4.79 Å². The Hall–Kier alpha value is -2.22. The van der Waals surface area contributed by atoms with E-state index in [-0.39, 0.29) is 0 Å². The fraction of sp³-hybridized carbons (Fsp3) is 0. The highest BCUT2D eigenvalue weighted by Crippen LogP contribution is 2.11. The van der Waals surface area contributed by atoms with Crippen molar-refractivity contribution in [3.63, 3.8) is 0 Å². The molecule has 0 aliphatic carbocycles. The Kier molecular flexibility index (Phi) is 3.24. The van der Waals surface area contributed by atoms with Gasteiger partial charge in [0, 0.05) is 17.3 Å². The van der Waals surface area contributed by atoms with Gasteiger partial charge < -0.3 is 0 Å². The lowest BCUT2D eigenvalue weighted by atomic mass is 10.1. The topological polar surface area (TPSA) is 29.4 Å². The van der Waals surface area contributed by atoms with Gasteiger partial charge in [0.1, 0.15) is 0 Å². The van der Waals surface area contributed by atoms with Crippen molar-refractivity contribution in [2.24, 2.45) is 4.99 Å². The van der Waals surface area contributed by atoms with Gasteiger partial charge >= 0.3 is 0 Å². The van der Waals surface area contributed by atoms with Gasteiger partial charge in [-0.3, -0.25) is 9.79 Å². The smallest absolute Gasteiger partial charge is 0.150 e. The van der Waals surface area contributed by atoms with Crippen LogP contribution >= 0.6 is 0 Å². The number of hydrogen-bond donors (Lipinski definition) is 0. The Morgan fingerprint density at radius 2 is 1.44 bits per heavy atom. The maximum atomic E-state index is 10.8. The molecular formula is C14H11NO. The molecule has 2 rings (SSSR count). The Morgan fingerprint density at radius 1 is 0.812 bits per heavy atom. The lowest BCUT2D eigenvalue weighted by Crippen LogP contribution is -1.89. The van der Waals surface area contributed by atoms with Crippen LogP contribution < -0.4 is 0 Å². The van der Waals surface area contributed by atoms with Crippen LogP contribution in [0.25, 0.3) is 0 Å². The molecule has 0 aromatic heterocycles. The molecule has 16 heavy (non-hydrogen) atoms. The van der Waals surface area contributed by atoms with Gasteiger partial charge in [-0.15, -0.1) is 0 Å². The summed E-state index contributed by atoms with van der Waals surface area (Å²) in [7, 11) is 0. The number of benzene rings is 2. The Morgan fingerprint density at radius 3 is 2.12 bits per heavy atom. The minimum absolute atomic E-state index is 0.655. The molecule has 0 saturated heterocycles. The Balaban J connectivity index is 2.27. The van der Waals surface area contributed by atoms with Gasteiger partial charge in [-0.05, 0) is 12.1 Å². The van der Waals surface area contributed by atoms with E-state index in [0.29, 0.717) is 5.56 Å². The van der Waals surface area contributed by atoms with E-state index in [0.717, 1.165) is 17.5 Å². The first-order valence-electron chi connectivity index (χ1n) is 5.03. The molecule has 0 aliphatic heterocycles. The zero-order chi connectivity index (χ0) is 11.2. The third-order valence-corrected chi connectivity index (χ3v) is 2.23. The zero-order valence-corrected chi connectivity index (χ0v) is 8.71. The van der Waals surface area contributed by atoms with E-state index >= 15 is 0 Å². The van der Waals surface area contributed by atoms with Crippen LogP contribution in [0.4, 0.5) is 5.69 Å². The Bertz CT molecular complexity index is 503. The molecule has 0 heterocycles. The number of para-hydroxylation sites is 1. The van der Waals surface area contributed by atoms with Crippen molar-refractivity contribution in [1.29, 1.82) is 0 Å². The lowest BCUT2D eigenvalue weighted by Gasteiger charge is -1.97. The van der Waals surface area contributed by atoms with Gasteiger partial charge in [-0.2, -0.15) is 0 Å². The lowest BCUT2D eigenvalue weighted by molar-refractivity contribution is 0.112.